The van der Waals surface area contributed by atoms with Crippen molar-refractivity contribution in [3.63, 3.8) is 0 Å². The van der Waals surface area contributed by atoms with Gasteiger partial charge in [0.15, 0.2) is 0 Å². The fourth-order valence-electron chi connectivity index (χ4n) is 3.93. The summed E-state index contributed by atoms with van der Waals surface area (Å²) in [4.78, 5) is 19.2. The van der Waals surface area contributed by atoms with Crippen molar-refractivity contribution in [3.8, 4) is 5.75 Å². The third-order valence-corrected chi connectivity index (χ3v) is 6.20. The zero-order valence-corrected chi connectivity index (χ0v) is 18.3. The Morgan fingerprint density at radius 2 is 2.19 bits per heavy atom. The smallest absolute Gasteiger partial charge is 0.258 e. The van der Waals surface area contributed by atoms with Crippen LogP contribution in [0.25, 0.3) is 0 Å². The van der Waals surface area contributed by atoms with E-state index < -0.39 is 5.82 Å². The molecule has 3 N–H and O–H groups in total. The van der Waals surface area contributed by atoms with E-state index in [-0.39, 0.29) is 36.4 Å². The first kappa shape index (κ1) is 21.5. The molecule has 0 aromatic heterocycles. The average molecular weight is 446 g/mol. The lowest BCUT2D eigenvalue weighted by Crippen LogP contribution is -2.31. The topological polar surface area (TPSA) is 89.8 Å². The highest BCUT2D eigenvalue weighted by Crippen LogP contribution is 2.27. The van der Waals surface area contributed by atoms with Crippen LogP contribution in [0.5, 0.6) is 5.75 Å². The van der Waals surface area contributed by atoms with Crippen molar-refractivity contribution in [3.05, 3.63) is 51.7 Å². The van der Waals surface area contributed by atoms with Gasteiger partial charge in [0.1, 0.15) is 24.0 Å². The van der Waals surface area contributed by atoms with Crippen LogP contribution in [-0.4, -0.2) is 54.5 Å². The van der Waals surface area contributed by atoms with E-state index in [1.165, 1.54) is 18.2 Å². The van der Waals surface area contributed by atoms with E-state index in [0.717, 1.165) is 25.1 Å². The van der Waals surface area contributed by atoms with Gasteiger partial charge in [-0.25, -0.2) is 9.38 Å². The van der Waals surface area contributed by atoms with Crippen LogP contribution >= 0.6 is 11.6 Å². The second-order valence-corrected chi connectivity index (χ2v) is 8.35. The van der Waals surface area contributed by atoms with Crippen LogP contribution in [0, 0.1) is 11.2 Å². The van der Waals surface area contributed by atoms with Crippen LogP contribution in [0.4, 0.5) is 4.39 Å². The first-order valence-corrected chi connectivity index (χ1v) is 10.7. The van der Waals surface area contributed by atoms with Crippen LogP contribution in [0.2, 0.25) is 0 Å². The molecule has 3 aliphatic heterocycles. The van der Waals surface area contributed by atoms with E-state index in [1.807, 2.05) is 6.92 Å². The normalized spacial score (nSPS) is 23.9. The number of ether oxygens (including phenoxy) is 1. The number of nitrogens with one attached hydrogen (secondary N) is 3. The Balaban J connectivity index is 1.54. The Morgan fingerprint density at radius 1 is 1.39 bits per heavy atom. The highest BCUT2D eigenvalue weighted by Gasteiger charge is 2.32. The van der Waals surface area contributed by atoms with Gasteiger partial charge in [-0.05, 0) is 45.4 Å². The fourth-order valence-corrected chi connectivity index (χ4v) is 4.02. The maximum atomic E-state index is 13.9. The second kappa shape index (κ2) is 8.80. The Hall–Kier alpha value is -2.71. The van der Waals surface area contributed by atoms with E-state index in [1.54, 1.807) is 11.8 Å². The van der Waals surface area contributed by atoms with Gasteiger partial charge in [0.05, 0.1) is 35.1 Å². The van der Waals surface area contributed by atoms with E-state index in [9.17, 15) is 9.18 Å². The van der Waals surface area contributed by atoms with Crippen molar-refractivity contribution in [1.29, 1.82) is 5.41 Å². The molecule has 1 amide bonds. The fraction of sp³-hybridized carbons (Fsp3) is 0.409. The molecule has 0 unspecified atom stereocenters. The highest BCUT2D eigenvalue weighted by atomic mass is 35.5. The van der Waals surface area contributed by atoms with Gasteiger partial charge in [0.2, 0.25) is 0 Å². The summed E-state index contributed by atoms with van der Waals surface area (Å²) in [7, 11) is 0. The summed E-state index contributed by atoms with van der Waals surface area (Å²) < 4.78 is 19.7. The SMILES string of the molecule is CC1=N/C(=C2\CN(C(=O)c3ccc(F)cc3OC[C@H]3CCCN3)CC2=N)NC(C)=C1Cl. The first-order valence-electron chi connectivity index (χ1n) is 10.3. The number of carbonyl (C=O) groups excluding carboxylic acids is 1. The number of nitrogens with zero attached hydrogens (tertiary/aromatic N) is 2. The molecule has 0 bridgehead atoms. The maximum Gasteiger partial charge on any atom is 0.258 e. The van der Waals surface area contributed by atoms with Crippen LogP contribution in [0.1, 0.15) is 37.0 Å². The number of hydrogen-bond donors (Lipinski definition) is 3. The number of amides is 1. The van der Waals surface area contributed by atoms with Crippen molar-refractivity contribution in [1.82, 2.24) is 15.5 Å². The molecule has 2 saturated heterocycles. The molecular formula is C22H25ClFN5O2. The minimum Gasteiger partial charge on any atom is -0.491 e. The number of carbonyl (C=O) groups is 1. The van der Waals surface area contributed by atoms with Crippen molar-refractivity contribution in [2.24, 2.45) is 4.99 Å². The molecule has 0 radical (unpaired) electrons. The van der Waals surface area contributed by atoms with Gasteiger partial charge in [0, 0.05) is 23.4 Å². The van der Waals surface area contributed by atoms with Crippen molar-refractivity contribution in [2.45, 2.75) is 32.7 Å². The summed E-state index contributed by atoms with van der Waals surface area (Å²) in [5, 5.41) is 15.4. The number of hydrogen-bond acceptors (Lipinski definition) is 6. The summed E-state index contributed by atoms with van der Waals surface area (Å²) in [6.45, 7) is 5.32. The molecule has 7 nitrogen and oxygen atoms in total. The first-order chi connectivity index (χ1) is 14.8. The lowest BCUT2D eigenvalue weighted by atomic mass is 10.1. The number of halogens is 2. The average Bonchev–Trinajstić information content (AvgIpc) is 3.39. The van der Waals surface area contributed by atoms with Gasteiger partial charge >= 0.3 is 0 Å². The summed E-state index contributed by atoms with van der Waals surface area (Å²) in [5.41, 5.74) is 2.64. The summed E-state index contributed by atoms with van der Waals surface area (Å²) >= 11 is 6.19. The molecule has 1 aromatic carbocycles. The maximum absolute atomic E-state index is 13.9. The van der Waals surface area contributed by atoms with E-state index in [4.69, 9.17) is 21.7 Å². The molecule has 31 heavy (non-hydrogen) atoms. The standard InChI is InChI=1S/C22H25ClFN5O2/c1-12-20(23)13(2)28-21(27-12)17-9-29(10-18(17)25)22(30)16-6-5-14(24)8-19(16)31-11-15-4-3-7-26-15/h5-6,8,15,25-27H,3-4,7,9-11H2,1-2H3/b21-17+,25-18?/t15-/m1/s1. The van der Waals surface area contributed by atoms with Crippen LogP contribution in [0.3, 0.4) is 0 Å². The largest absolute Gasteiger partial charge is 0.491 e. The van der Waals surface area contributed by atoms with Crippen LogP contribution in [-0.2, 0) is 0 Å². The second-order valence-electron chi connectivity index (χ2n) is 7.97. The van der Waals surface area contributed by atoms with Gasteiger partial charge in [-0.3, -0.25) is 4.79 Å². The lowest BCUT2D eigenvalue weighted by molar-refractivity contribution is 0.0799. The predicted octanol–water partition coefficient (Wildman–Crippen LogP) is 3.18. The third kappa shape index (κ3) is 4.50. The van der Waals surface area contributed by atoms with Crippen molar-refractivity contribution < 1.29 is 13.9 Å². The van der Waals surface area contributed by atoms with E-state index in [0.29, 0.717) is 34.5 Å². The number of benzene rings is 1. The molecule has 3 heterocycles. The van der Waals surface area contributed by atoms with Gasteiger partial charge in [-0.15, -0.1) is 0 Å². The Morgan fingerprint density at radius 3 is 2.90 bits per heavy atom. The number of allylic oxidation sites excluding steroid dienone is 2. The Kier molecular flexibility index (Phi) is 6.11. The zero-order valence-electron chi connectivity index (χ0n) is 17.5. The number of aliphatic imine (C=N–C) groups is 1. The monoisotopic (exact) mass is 445 g/mol. The highest BCUT2D eigenvalue weighted by molar-refractivity contribution is 6.43. The molecule has 164 valence electrons. The summed E-state index contributed by atoms with van der Waals surface area (Å²) in [6.07, 6.45) is 2.07. The van der Waals surface area contributed by atoms with Crippen LogP contribution in [0.15, 0.2) is 45.3 Å². The molecule has 4 rings (SSSR count). The third-order valence-electron chi connectivity index (χ3n) is 5.64. The molecule has 0 saturated carbocycles. The van der Waals surface area contributed by atoms with Crippen molar-refractivity contribution >= 4 is 28.9 Å². The minimum absolute atomic E-state index is 0.144. The van der Waals surface area contributed by atoms with E-state index >= 15 is 0 Å². The van der Waals surface area contributed by atoms with Gasteiger partial charge in [-0.1, -0.05) is 11.6 Å². The summed E-state index contributed by atoms with van der Waals surface area (Å²) in [6, 6.07) is 4.14. The van der Waals surface area contributed by atoms with Gasteiger partial charge in [-0.2, -0.15) is 0 Å². The molecule has 2 fully saturated rings. The zero-order chi connectivity index (χ0) is 22.1. The Labute approximate surface area is 185 Å². The molecular weight excluding hydrogens is 421 g/mol. The number of rotatable bonds is 4. The molecule has 1 aromatic rings. The molecule has 3 aliphatic rings. The minimum atomic E-state index is -0.460. The van der Waals surface area contributed by atoms with Gasteiger partial charge in [0.25, 0.3) is 5.91 Å². The molecule has 0 aliphatic carbocycles. The molecule has 0 spiro atoms. The van der Waals surface area contributed by atoms with E-state index in [2.05, 4.69) is 15.6 Å². The quantitative estimate of drug-likeness (QED) is 0.664. The van der Waals surface area contributed by atoms with Gasteiger partial charge < -0.3 is 25.7 Å². The lowest BCUT2D eigenvalue weighted by Gasteiger charge is -2.20. The van der Waals surface area contributed by atoms with Crippen molar-refractivity contribution in [2.75, 3.05) is 26.2 Å². The number of likely N-dealkylation sites (tertiary alicyclic amines) is 1. The predicted molar refractivity (Wildman–Crippen MR) is 118 cm³/mol. The van der Waals surface area contributed by atoms with Crippen LogP contribution < -0.4 is 15.4 Å². The molecule has 1 atom stereocenters. The Bertz CT molecular complexity index is 1030. The summed E-state index contributed by atoms with van der Waals surface area (Å²) in [5.74, 6) is -0.0149. The molecule has 9 heteroatoms.